The van der Waals surface area contributed by atoms with Crippen LogP contribution in [0.1, 0.15) is 103 Å². The van der Waals surface area contributed by atoms with Gasteiger partial charge >= 0.3 is 8.80 Å². The van der Waals surface area contributed by atoms with Gasteiger partial charge in [0.05, 0.1) is 54.4 Å². The van der Waals surface area contributed by atoms with Gasteiger partial charge in [0.15, 0.2) is 0 Å². The number of quaternary nitrogens is 2. The molecule has 0 rings (SSSR count). The molecule has 0 aromatic heterocycles. The van der Waals surface area contributed by atoms with E-state index in [9.17, 15) is 0 Å². The van der Waals surface area contributed by atoms with E-state index < -0.39 is 8.80 Å². The maximum absolute atomic E-state index is 9.15. The minimum absolute atomic E-state index is 0.150. The summed E-state index contributed by atoms with van der Waals surface area (Å²) in [6, 6.07) is 0.150. The molecule has 0 aliphatic rings. The topological polar surface area (TPSA) is 60.7 Å². The third kappa shape index (κ3) is 23.0. The molecule has 0 saturated carbocycles. The summed E-state index contributed by atoms with van der Waals surface area (Å²) in [4.78, 5) is 27.4. The summed E-state index contributed by atoms with van der Waals surface area (Å²) in [6.07, 6.45) is 20.0. The van der Waals surface area contributed by atoms with Crippen molar-refractivity contribution in [1.29, 1.82) is 0 Å². The highest BCUT2D eigenvalue weighted by Gasteiger charge is 2.27. The van der Waals surface area contributed by atoms with Crippen LogP contribution < -0.4 is 0 Å². The Labute approximate surface area is 196 Å². The van der Waals surface area contributed by atoms with Crippen LogP contribution in [0.5, 0.6) is 0 Å². The van der Waals surface area contributed by atoms with Crippen LogP contribution in [0.15, 0.2) is 0 Å². The molecule has 0 radical (unpaired) electrons. The molecular formula is C25H58N2O3Si+2. The van der Waals surface area contributed by atoms with Crippen LogP contribution in [0.2, 0.25) is 6.04 Å². The lowest BCUT2D eigenvalue weighted by molar-refractivity contribution is -0.897. The summed E-state index contributed by atoms with van der Waals surface area (Å²) in [5, 5.41) is 0. The first-order chi connectivity index (χ1) is 14.5. The molecule has 0 fully saturated rings. The Balaban J connectivity index is 3.61. The molecule has 0 aromatic carbocycles. The van der Waals surface area contributed by atoms with Gasteiger partial charge in [-0.1, -0.05) is 71.1 Å². The van der Waals surface area contributed by atoms with Crippen molar-refractivity contribution >= 4 is 8.80 Å². The van der Waals surface area contributed by atoms with Crippen molar-refractivity contribution in [3.8, 4) is 0 Å². The normalized spacial score (nSPS) is 13.2. The van der Waals surface area contributed by atoms with Gasteiger partial charge in [0.25, 0.3) is 0 Å². The molecule has 0 spiro atoms. The van der Waals surface area contributed by atoms with Crippen molar-refractivity contribution < 1.29 is 23.4 Å². The van der Waals surface area contributed by atoms with Crippen LogP contribution in [0.3, 0.4) is 0 Å². The molecule has 0 bridgehead atoms. The van der Waals surface area contributed by atoms with E-state index in [1.165, 1.54) is 103 Å². The lowest BCUT2D eigenvalue weighted by Crippen LogP contribution is -2.44. The van der Waals surface area contributed by atoms with Crippen molar-refractivity contribution in [2.75, 3.05) is 54.4 Å². The highest BCUT2D eigenvalue weighted by Crippen LogP contribution is 2.14. The van der Waals surface area contributed by atoms with E-state index in [2.05, 4.69) is 35.1 Å². The van der Waals surface area contributed by atoms with Crippen LogP contribution in [0, 0.1) is 0 Å². The number of hydrogen-bond acceptors (Lipinski definition) is 3. The lowest BCUT2D eigenvalue weighted by atomic mass is 10.1. The van der Waals surface area contributed by atoms with Gasteiger partial charge in [-0.05, 0) is 12.8 Å². The molecule has 0 aliphatic heterocycles. The summed E-state index contributed by atoms with van der Waals surface area (Å²) in [5.41, 5.74) is 0. The molecule has 0 unspecified atom stereocenters. The van der Waals surface area contributed by atoms with E-state index in [0.717, 1.165) is 22.1 Å². The molecule has 188 valence electrons. The fraction of sp³-hybridized carbons (Fsp3) is 1.00. The van der Waals surface area contributed by atoms with Gasteiger partial charge in [-0.25, -0.2) is 0 Å². The zero-order chi connectivity index (χ0) is 23.6. The fourth-order valence-corrected chi connectivity index (χ4v) is 5.06. The largest absolute Gasteiger partial charge is 0.492 e. The Morgan fingerprint density at radius 3 is 1.10 bits per heavy atom. The Morgan fingerprint density at radius 1 is 0.452 bits per heavy atom. The van der Waals surface area contributed by atoms with Crippen molar-refractivity contribution in [3.05, 3.63) is 0 Å². The summed E-state index contributed by atoms with van der Waals surface area (Å²) < 4.78 is 2.01. The molecule has 0 atom stereocenters. The van der Waals surface area contributed by atoms with Crippen LogP contribution in [-0.4, -0.2) is 86.5 Å². The van der Waals surface area contributed by atoms with Crippen molar-refractivity contribution in [3.63, 3.8) is 0 Å². The van der Waals surface area contributed by atoms with Gasteiger partial charge in [-0.2, -0.15) is 0 Å². The Kier molecular flexibility index (Phi) is 17.5. The predicted molar refractivity (Wildman–Crippen MR) is 136 cm³/mol. The van der Waals surface area contributed by atoms with Gasteiger partial charge in [0, 0.05) is 25.3 Å². The average molecular weight is 463 g/mol. The first kappa shape index (κ1) is 31.0. The third-order valence-electron chi connectivity index (χ3n) is 6.67. The standard InChI is InChI=1S/C25H58N2O3Si/c1-6-7-8-9-10-11-12-13-14-15-16-17-21-26(2,3)22-18-19-23-27(4,5)24-20-25-31(28,29)30/h28-30H,6-25H2,1-5H3/q+2. The summed E-state index contributed by atoms with van der Waals surface area (Å²) in [6.45, 7) is 6.79. The van der Waals surface area contributed by atoms with Crippen molar-refractivity contribution in [2.45, 2.75) is 109 Å². The Bertz CT molecular complexity index is 412. The second kappa shape index (κ2) is 17.5. The minimum atomic E-state index is -3.87. The second-order valence-electron chi connectivity index (χ2n) is 11.2. The lowest BCUT2D eigenvalue weighted by Gasteiger charge is -2.32. The predicted octanol–water partition coefficient (Wildman–Crippen LogP) is 4.93. The molecule has 0 aromatic rings. The van der Waals surface area contributed by atoms with Gasteiger partial charge < -0.3 is 23.4 Å². The molecular weight excluding hydrogens is 404 g/mol. The van der Waals surface area contributed by atoms with E-state index in [4.69, 9.17) is 14.4 Å². The zero-order valence-electron chi connectivity index (χ0n) is 21.9. The number of hydrogen-bond donors (Lipinski definition) is 3. The molecule has 0 aliphatic carbocycles. The van der Waals surface area contributed by atoms with Crippen molar-refractivity contribution in [2.24, 2.45) is 0 Å². The van der Waals surface area contributed by atoms with E-state index in [1.807, 2.05) is 0 Å². The first-order valence-electron chi connectivity index (χ1n) is 13.3. The van der Waals surface area contributed by atoms with E-state index in [-0.39, 0.29) is 6.04 Å². The quantitative estimate of drug-likeness (QED) is 0.121. The second-order valence-corrected chi connectivity index (χ2v) is 13.3. The molecule has 0 heterocycles. The number of unbranched alkanes of at least 4 members (excludes halogenated alkanes) is 12. The summed E-state index contributed by atoms with van der Waals surface area (Å²) >= 11 is 0. The molecule has 0 saturated heterocycles. The molecule has 5 nitrogen and oxygen atoms in total. The fourth-order valence-electron chi connectivity index (χ4n) is 4.43. The van der Waals surface area contributed by atoms with Crippen molar-refractivity contribution in [1.82, 2.24) is 0 Å². The molecule has 31 heavy (non-hydrogen) atoms. The monoisotopic (exact) mass is 462 g/mol. The van der Waals surface area contributed by atoms with Gasteiger partial charge in [0.1, 0.15) is 0 Å². The van der Waals surface area contributed by atoms with Crippen LogP contribution >= 0.6 is 0 Å². The van der Waals surface area contributed by atoms with Gasteiger partial charge in [0.2, 0.25) is 0 Å². The number of nitrogens with zero attached hydrogens (tertiary/aromatic N) is 2. The molecule has 3 N–H and O–H groups in total. The van der Waals surface area contributed by atoms with E-state index in [0.29, 0.717) is 6.42 Å². The maximum Gasteiger partial charge on any atom is 0.492 e. The first-order valence-corrected chi connectivity index (χ1v) is 15.3. The highest BCUT2D eigenvalue weighted by atomic mass is 28.4. The smallest absolute Gasteiger partial charge is 0.390 e. The van der Waals surface area contributed by atoms with Crippen LogP contribution in [0.25, 0.3) is 0 Å². The van der Waals surface area contributed by atoms with Crippen LogP contribution in [-0.2, 0) is 0 Å². The van der Waals surface area contributed by atoms with Crippen LogP contribution in [0.4, 0.5) is 0 Å². The van der Waals surface area contributed by atoms with Gasteiger partial charge in [-0.3, -0.25) is 0 Å². The Hall–Kier alpha value is 0.0169. The maximum atomic E-state index is 9.15. The molecule has 0 amide bonds. The van der Waals surface area contributed by atoms with Gasteiger partial charge in [-0.15, -0.1) is 0 Å². The summed E-state index contributed by atoms with van der Waals surface area (Å²) in [7, 11) is 5.26. The number of rotatable bonds is 22. The van der Waals surface area contributed by atoms with E-state index in [1.54, 1.807) is 0 Å². The Morgan fingerprint density at radius 2 is 0.742 bits per heavy atom. The highest BCUT2D eigenvalue weighted by molar-refractivity contribution is 6.56. The molecule has 6 heteroatoms. The average Bonchev–Trinajstić information content (AvgIpc) is 2.65. The third-order valence-corrected chi connectivity index (χ3v) is 7.69. The summed E-state index contributed by atoms with van der Waals surface area (Å²) in [5.74, 6) is 0. The van der Waals surface area contributed by atoms with E-state index >= 15 is 0 Å². The minimum Gasteiger partial charge on any atom is -0.390 e. The zero-order valence-corrected chi connectivity index (χ0v) is 22.9. The SMILES string of the molecule is CCCCCCCCCCCCCC[N+](C)(C)CCCC[N+](C)(C)CCC[Si](O)(O)O.